The molecule has 1 aliphatic rings. The fraction of sp³-hybridized carbons (Fsp3) is 0.345. The zero-order chi connectivity index (χ0) is 23.5. The van der Waals surface area contributed by atoms with Crippen molar-refractivity contribution in [1.82, 2.24) is 0 Å². The molecule has 4 heteroatoms. The number of carbonyl (C=O) groups is 1. The molecule has 3 aromatic rings. The second-order valence-electron chi connectivity index (χ2n) is 9.11. The largest absolute Gasteiger partial charge is 0.497 e. The lowest BCUT2D eigenvalue weighted by molar-refractivity contribution is -0.146. The van der Waals surface area contributed by atoms with Crippen LogP contribution in [-0.4, -0.2) is 26.3 Å². The first-order chi connectivity index (χ1) is 15.9. The molecule has 0 amide bonds. The minimum atomic E-state index is -0.827. The maximum Gasteiger partial charge on any atom is 0.309 e. The van der Waals surface area contributed by atoms with Crippen LogP contribution >= 0.6 is 0 Å². The molecule has 33 heavy (non-hydrogen) atoms. The molecule has 0 heterocycles. The van der Waals surface area contributed by atoms with Crippen molar-refractivity contribution in [1.29, 1.82) is 0 Å². The molecule has 1 aliphatic carbocycles. The first-order valence-electron chi connectivity index (χ1n) is 11.5. The molecule has 4 nitrogen and oxygen atoms in total. The van der Waals surface area contributed by atoms with Gasteiger partial charge in [0.2, 0.25) is 0 Å². The van der Waals surface area contributed by atoms with Gasteiger partial charge in [0.05, 0.1) is 26.2 Å². The van der Waals surface area contributed by atoms with Gasteiger partial charge >= 0.3 is 5.97 Å². The van der Waals surface area contributed by atoms with E-state index in [0.717, 1.165) is 22.4 Å². The van der Waals surface area contributed by atoms with E-state index in [9.17, 15) is 4.79 Å². The molecular weight excluding hydrogens is 412 g/mol. The smallest absolute Gasteiger partial charge is 0.309 e. The summed E-state index contributed by atoms with van der Waals surface area (Å²) in [5.74, 6) is 0.587. The average Bonchev–Trinajstić information content (AvgIpc) is 3.41. The van der Waals surface area contributed by atoms with Gasteiger partial charge in [-0.2, -0.15) is 0 Å². The number of carbonyl (C=O) groups excluding carboxylic acids is 1. The number of hydrogen-bond donors (Lipinski definition) is 0. The van der Waals surface area contributed by atoms with Gasteiger partial charge in [0.15, 0.2) is 0 Å². The monoisotopic (exact) mass is 444 g/mol. The number of esters is 1. The summed E-state index contributed by atoms with van der Waals surface area (Å²) in [6, 6.07) is 28.5. The van der Waals surface area contributed by atoms with Crippen molar-refractivity contribution in [3.63, 3.8) is 0 Å². The van der Waals surface area contributed by atoms with Crippen LogP contribution in [-0.2, 0) is 19.9 Å². The fourth-order valence-corrected chi connectivity index (χ4v) is 4.89. The van der Waals surface area contributed by atoms with Crippen LogP contribution in [0.25, 0.3) is 0 Å². The highest BCUT2D eigenvalue weighted by Crippen LogP contribution is 2.59. The number of ether oxygens (including phenoxy) is 3. The molecule has 0 N–H and O–H groups in total. The van der Waals surface area contributed by atoms with Crippen LogP contribution in [0.1, 0.15) is 37.5 Å². The van der Waals surface area contributed by atoms with Crippen LogP contribution in [0.3, 0.4) is 0 Å². The van der Waals surface area contributed by atoms with Crippen molar-refractivity contribution in [3.05, 3.63) is 102 Å². The van der Waals surface area contributed by atoms with Gasteiger partial charge in [0, 0.05) is 5.92 Å². The molecule has 2 atom stereocenters. The van der Waals surface area contributed by atoms with Crippen LogP contribution in [0.15, 0.2) is 84.9 Å². The van der Waals surface area contributed by atoms with E-state index in [1.165, 1.54) is 0 Å². The van der Waals surface area contributed by atoms with E-state index in [-0.39, 0.29) is 23.2 Å². The van der Waals surface area contributed by atoms with Crippen molar-refractivity contribution in [2.75, 3.05) is 20.3 Å². The summed E-state index contributed by atoms with van der Waals surface area (Å²) in [4.78, 5) is 12.5. The molecule has 0 bridgehead atoms. The predicted octanol–water partition coefficient (Wildman–Crippen LogP) is 5.84. The van der Waals surface area contributed by atoms with E-state index in [0.29, 0.717) is 13.2 Å². The zero-order valence-corrected chi connectivity index (χ0v) is 19.8. The summed E-state index contributed by atoms with van der Waals surface area (Å²) in [6.07, 6.45) is 0. The molecule has 3 aromatic carbocycles. The van der Waals surface area contributed by atoms with Crippen molar-refractivity contribution in [2.45, 2.75) is 26.4 Å². The highest BCUT2D eigenvalue weighted by Gasteiger charge is 2.63. The molecule has 2 unspecified atom stereocenters. The summed E-state index contributed by atoms with van der Waals surface area (Å²) >= 11 is 0. The predicted molar refractivity (Wildman–Crippen MR) is 129 cm³/mol. The van der Waals surface area contributed by atoms with E-state index >= 15 is 0 Å². The third-order valence-electron chi connectivity index (χ3n) is 6.93. The molecule has 1 saturated carbocycles. The fourth-order valence-electron chi connectivity index (χ4n) is 4.89. The Bertz CT molecular complexity index is 1020. The molecule has 0 radical (unpaired) electrons. The Morgan fingerprint density at radius 1 is 0.848 bits per heavy atom. The quantitative estimate of drug-likeness (QED) is 0.307. The molecule has 0 spiro atoms. The van der Waals surface area contributed by atoms with Gasteiger partial charge in [-0.25, -0.2) is 0 Å². The minimum Gasteiger partial charge on any atom is -0.497 e. The second-order valence-corrected chi connectivity index (χ2v) is 9.11. The summed E-state index contributed by atoms with van der Waals surface area (Å²) in [5.41, 5.74) is 2.09. The van der Waals surface area contributed by atoms with E-state index in [2.05, 4.69) is 50.2 Å². The average molecular weight is 445 g/mol. The Balaban J connectivity index is 1.78. The number of methoxy groups -OCH3 is 1. The Kier molecular flexibility index (Phi) is 6.57. The summed E-state index contributed by atoms with van der Waals surface area (Å²) < 4.78 is 17.7. The highest BCUT2D eigenvalue weighted by molar-refractivity contribution is 5.77. The highest BCUT2D eigenvalue weighted by atomic mass is 16.5. The molecule has 172 valence electrons. The Hall–Kier alpha value is -3.11. The van der Waals surface area contributed by atoms with E-state index in [1.807, 2.05) is 55.5 Å². The number of benzene rings is 3. The summed E-state index contributed by atoms with van der Waals surface area (Å²) in [6.45, 7) is 6.90. The SMILES string of the molecule is CCOC(=O)C1C(COC(c2ccccc2)(c2ccccc2)c2ccc(OC)cc2)C1(C)C. The first kappa shape index (κ1) is 23.1. The summed E-state index contributed by atoms with van der Waals surface area (Å²) in [7, 11) is 1.66. The molecule has 0 saturated heterocycles. The van der Waals surface area contributed by atoms with Crippen molar-refractivity contribution < 1.29 is 19.0 Å². The van der Waals surface area contributed by atoms with Gasteiger partial charge in [-0.15, -0.1) is 0 Å². The van der Waals surface area contributed by atoms with Gasteiger partial charge in [0.25, 0.3) is 0 Å². The van der Waals surface area contributed by atoms with Crippen LogP contribution in [0.5, 0.6) is 5.75 Å². The molecular formula is C29H32O4. The van der Waals surface area contributed by atoms with Crippen molar-refractivity contribution in [3.8, 4) is 5.75 Å². The Labute approximate surface area is 196 Å². The summed E-state index contributed by atoms with van der Waals surface area (Å²) in [5, 5.41) is 0. The Morgan fingerprint density at radius 2 is 1.36 bits per heavy atom. The van der Waals surface area contributed by atoms with Crippen molar-refractivity contribution >= 4 is 5.97 Å². The van der Waals surface area contributed by atoms with Gasteiger partial charge in [0.1, 0.15) is 11.4 Å². The maximum atomic E-state index is 12.5. The van der Waals surface area contributed by atoms with Crippen LogP contribution < -0.4 is 4.74 Å². The number of hydrogen-bond acceptors (Lipinski definition) is 4. The molecule has 0 aliphatic heterocycles. The third kappa shape index (κ3) is 4.28. The van der Waals surface area contributed by atoms with E-state index in [1.54, 1.807) is 7.11 Å². The first-order valence-corrected chi connectivity index (χ1v) is 11.5. The topological polar surface area (TPSA) is 44.8 Å². The number of rotatable bonds is 9. The van der Waals surface area contributed by atoms with E-state index < -0.39 is 5.60 Å². The lowest BCUT2D eigenvalue weighted by Gasteiger charge is -2.36. The van der Waals surface area contributed by atoms with Crippen LogP contribution in [0, 0.1) is 17.3 Å². The molecule has 0 aromatic heterocycles. The Morgan fingerprint density at radius 3 is 1.85 bits per heavy atom. The molecule has 4 rings (SSSR count). The van der Waals surface area contributed by atoms with Gasteiger partial charge in [-0.3, -0.25) is 4.79 Å². The lowest BCUT2D eigenvalue weighted by atomic mass is 9.80. The van der Waals surface area contributed by atoms with Gasteiger partial charge in [-0.1, -0.05) is 86.6 Å². The maximum absolute atomic E-state index is 12.5. The zero-order valence-electron chi connectivity index (χ0n) is 19.8. The standard InChI is InChI=1S/C29H32O4/c1-5-32-27(30)26-25(28(26,2)3)20-33-29(21-12-8-6-9-13-21,22-14-10-7-11-15-22)23-16-18-24(31-4)19-17-23/h6-19,25-26H,5,20H2,1-4H3. The third-order valence-corrected chi connectivity index (χ3v) is 6.93. The minimum absolute atomic E-state index is 0.0848. The lowest BCUT2D eigenvalue weighted by Crippen LogP contribution is -2.34. The van der Waals surface area contributed by atoms with Gasteiger partial charge < -0.3 is 14.2 Å². The second kappa shape index (κ2) is 9.40. The van der Waals surface area contributed by atoms with E-state index in [4.69, 9.17) is 14.2 Å². The normalized spacial score (nSPS) is 19.0. The molecule has 1 fully saturated rings. The van der Waals surface area contributed by atoms with Gasteiger partial charge in [-0.05, 0) is 41.2 Å². The van der Waals surface area contributed by atoms with Crippen LogP contribution in [0.4, 0.5) is 0 Å². The van der Waals surface area contributed by atoms with Crippen molar-refractivity contribution in [2.24, 2.45) is 17.3 Å². The van der Waals surface area contributed by atoms with Crippen LogP contribution in [0.2, 0.25) is 0 Å².